The summed E-state index contributed by atoms with van der Waals surface area (Å²) < 4.78 is 7.14. The Hall–Kier alpha value is -1.40. The monoisotopic (exact) mass is 280 g/mol. The van der Waals surface area contributed by atoms with E-state index in [0.717, 1.165) is 37.4 Å². The Kier molecular flexibility index (Phi) is 5.55. The zero-order valence-corrected chi connectivity index (χ0v) is 12.4. The van der Waals surface area contributed by atoms with Gasteiger partial charge in [0.1, 0.15) is 5.82 Å². The van der Waals surface area contributed by atoms with Crippen LogP contribution in [0.15, 0.2) is 0 Å². The summed E-state index contributed by atoms with van der Waals surface area (Å²) in [5.41, 5.74) is 2.44. The predicted molar refractivity (Wildman–Crippen MR) is 76.5 cm³/mol. The maximum absolute atomic E-state index is 11.8. The number of aromatic nitrogens is 2. The number of carbonyl (C=O) groups excluding carboxylic acids is 1. The maximum atomic E-state index is 11.8. The van der Waals surface area contributed by atoms with Crippen molar-refractivity contribution < 1.29 is 9.53 Å². The Morgan fingerprint density at radius 3 is 3.15 bits per heavy atom. The third-order valence-corrected chi connectivity index (χ3v) is 3.57. The number of amides is 1. The lowest BCUT2D eigenvalue weighted by molar-refractivity contribution is -0.121. The molecule has 0 bridgehead atoms. The number of methoxy groups -OCH3 is 1. The Morgan fingerprint density at radius 1 is 1.55 bits per heavy atom. The van der Waals surface area contributed by atoms with Crippen LogP contribution in [0.2, 0.25) is 0 Å². The molecule has 0 aromatic carbocycles. The number of imidazole rings is 1. The molecule has 0 radical (unpaired) electrons. The van der Waals surface area contributed by atoms with E-state index in [2.05, 4.69) is 27.1 Å². The van der Waals surface area contributed by atoms with Gasteiger partial charge in [-0.1, -0.05) is 6.92 Å². The molecule has 2 rings (SSSR count). The van der Waals surface area contributed by atoms with E-state index in [1.807, 2.05) is 0 Å². The van der Waals surface area contributed by atoms with E-state index in [-0.39, 0.29) is 5.91 Å². The van der Waals surface area contributed by atoms with Gasteiger partial charge in [-0.25, -0.2) is 4.98 Å². The summed E-state index contributed by atoms with van der Waals surface area (Å²) in [6.07, 6.45) is 2.39. The largest absolute Gasteiger partial charge is 0.383 e. The van der Waals surface area contributed by atoms with Crippen LogP contribution in [0.5, 0.6) is 0 Å². The summed E-state index contributed by atoms with van der Waals surface area (Å²) in [5, 5.41) is 6.19. The standard InChI is InChI=1S/C14H24N4O2/c1-3-13-17-11-10-15-6-4-12(11)18(13)8-5-14(19)16-7-9-20-2/h15H,3-10H2,1-2H3,(H,16,19). The molecule has 1 aromatic rings. The van der Waals surface area contributed by atoms with Crippen LogP contribution in [-0.4, -0.2) is 42.3 Å². The van der Waals surface area contributed by atoms with Crippen molar-refractivity contribution in [1.82, 2.24) is 20.2 Å². The number of hydrogen-bond acceptors (Lipinski definition) is 4. The molecule has 0 aliphatic carbocycles. The van der Waals surface area contributed by atoms with Crippen molar-refractivity contribution >= 4 is 5.91 Å². The first kappa shape index (κ1) is 15.0. The van der Waals surface area contributed by atoms with E-state index >= 15 is 0 Å². The molecule has 0 fully saturated rings. The molecule has 0 saturated carbocycles. The van der Waals surface area contributed by atoms with E-state index < -0.39 is 0 Å². The lowest BCUT2D eigenvalue weighted by Gasteiger charge is -2.16. The zero-order valence-electron chi connectivity index (χ0n) is 12.4. The van der Waals surface area contributed by atoms with Gasteiger partial charge in [-0.2, -0.15) is 0 Å². The average Bonchev–Trinajstić information content (AvgIpc) is 2.83. The molecule has 20 heavy (non-hydrogen) atoms. The van der Waals surface area contributed by atoms with Crippen LogP contribution in [0.3, 0.4) is 0 Å². The number of nitrogens with one attached hydrogen (secondary N) is 2. The highest BCUT2D eigenvalue weighted by Crippen LogP contribution is 2.17. The lowest BCUT2D eigenvalue weighted by Crippen LogP contribution is -2.29. The third kappa shape index (κ3) is 3.58. The Bertz CT molecular complexity index is 456. The highest BCUT2D eigenvalue weighted by molar-refractivity contribution is 5.75. The molecular formula is C14H24N4O2. The minimum absolute atomic E-state index is 0.0699. The Balaban J connectivity index is 1.95. The minimum Gasteiger partial charge on any atom is -0.383 e. The molecule has 0 atom stereocenters. The summed E-state index contributed by atoms with van der Waals surface area (Å²) in [6.45, 7) is 5.78. The van der Waals surface area contributed by atoms with Crippen LogP contribution in [0, 0.1) is 0 Å². The molecule has 0 saturated heterocycles. The zero-order chi connectivity index (χ0) is 14.4. The van der Waals surface area contributed by atoms with Crippen LogP contribution in [-0.2, 0) is 35.5 Å². The van der Waals surface area contributed by atoms with E-state index in [4.69, 9.17) is 4.74 Å². The van der Waals surface area contributed by atoms with Gasteiger partial charge >= 0.3 is 0 Å². The molecule has 2 N–H and O–H groups in total. The minimum atomic E-state index is 0.0699. The topological polar surface area (TPSA) is 68.2 Å². The number of fused-ring (bicyclic) bond motifs is 1. The van der Waals surface area contributed by atoms with Gasteiger partial charge in [0, 0.05) is 58.2 Å². The van der Waals surface area contributed by atoms with Crippen molar-refractivity contribution in [2.24, 2.45) is 0 Å². The number of hydrogen-bond donors (Lipinski definition) is 2. The normalized spacial score (nSPS) is 14.1. The fourth-order valence-corrected chi connectivity index (χ4v) is 2.55. The Morgan fingerprint density at radius 2 is 2.40 bits per heavy atom. The second-order valence-electron chi connectivity index (χ2n) is 4.95. The number of aryl methyl sites for hydroxylation is 1. The van der Waals surface area contributed by atoms with Crippen LogP contribution < -0.4 is 10.6 Å². The Labute approximate surface area is 119 Å². The molecule has 0 unspecified atom stereocenters. The molecule has 1 amide bonds. The highest BCUT2D eigenvalue weighted by atomic mass is 16.5. The molecule has 6 nitrogen and oxygen atoms in total. The van der Waals surface area contributed by atoms with Gasteiger partial charge in [-0.15, -0.1) is 0 Å². The SMILES string of the molecule is CCc1nc2c(n1CCC(=O)NCCOC)CCNC2. The number of nitrogens with zero attached hydrogens (tertiary/aromatic N) is 2. The summed E-state index contributed by atoms with van der Waals surface area (Å²) in [5.74, 6) is 1.16. The molecule has 1 aromatic heterocycles. The summed E-state index contributed by atoms with van der Waals surface area (Å²) in [4.78, 5) is 16.4. The predicted octanol–water partition coefficient (Wildman–Crippen LogP) is 0.244. The van der Waals surface area contributed by atoms with E-state index in [1.165, 1.54) is 5.69 Å². The van der Waals surface area contributed by atoms with Crippen molar-refractivity contribution in [1.29, 1.82) is 0 Å². The molecule has 6 heteroatoms. The first-order chi connectivity index (χ1) is 9.76. The smallest absolute Gasteiger partial charge is 0.221 e. The van der Waals surface area contributed by atoms with E-state index in [1.54, 1.807) is 7.11 Å². The summed E-state index contributed by atoms with van der Waals surface area (Å²) in [6, 6.07) is 0. The fourth-order valence-electron chi connectivity index (χ4n) is 2.55. The van der Waals surface area contributed by atoms with Crippen molar-refractivity contribution in [2.75, 3.05) is 26.8 Å². The van der Waals surface area contributed by atoms with Gasteiger partial charge in [-0.05, 0) is 0 Å². The van der Waals surface area contributed by atoms with Gasteiger partial charge in [0.25, 0.3) is 0 Å². The first-order valence-electron chi connectivity index (χ1n) is 7.29. The van der Waals surface area contributed by atoms with Gasteiger partial charge in [0.2, 0.25) is 5.91 Å². The molecule has 1 aliphatic rings. The summed E-state index contributed by atoms with van der Waals surface area (Å²) in [7, 11) is 1.63. The van der Waals surface area contributed by atoms with Crippen molar-refractivity contribution in [3.63, 3.8) is 0 Å². The van der Waals surface area contributed by atoms with Gasteiger partial charge < -0.3 is 19.9 Å². The number of rotatable bonds is 7. The molecule has 112 valence electrons. The van der Waals surface area contributed by atoms with Crippen LogP contribution in [0.1, 0.15) is 30.6 Å². The maximum Gasteiger partial charge on any atom is 0.221 e. The number of carbonyl (C=O) groups is 1. The average molecular weight is 280 g/mol. The number of ether oxygens (including phenoxy) is 1. The van der Waals surface area contributed by atoms with Gasteiger partial charge in [-0.3, -0.25) is 4.79 Å². The van der Waals surface area contributed by atoms with E-state index in [0.29, 0.717) is 26.1 Å². The van der Waals surface area contributed by atoms with Crippen LogP contribution >= 0.6 is 0 Å². The quantitative estimate of drug-likeness (QED) is 0.702. The van der Waals surface area contributed by atoms with Crippen molar-refractivity contribution in [3.05, 3.63) is 17.2 Å². The molecule has 0 spiro atoms. The van der Waals surface area contributed by atoms with Gasteiger partial charge in [0.05, 0.1) is 12.3 Å². The molecular weight excluding hydrogens is 256 g/mol. The molecule has 2 heterocycles. The fraction of sp³-hybridized carbons (Fsp3) is 0.714. The van der Waals surface area contributed by atoms with Gasteiger partial charge in [0.15, 0.2) is 0 Å². The highest BCUT2D eigenvalue weighted by Gasteiger charge is 2.19. The van der Waals surface area contributed by atoms with E-state index in [9.17, 15) is 4.79 Å². The van der Waals surface area contributed by atoms with Crippen molar-refractivity contribution in [2.45, 2.75) is 39.3 Å². The first-order valence-corrected chi connectivity index (χ1v) is 7.29. The third-order valence-electron chi connectivity index (χ3n) is 3.57. The lowest BCUT2D eigenvalue weighted by atomic mass is 10.2. The van der Waals surface area contributed by atoms with Crippen molar-refractivity contribution in [3.8, 4) is 0 Å². The van der Waals surface area contributed by atoms with Crippen LogP contribution in [0.25, 0.3) is 0 Å². The molecule has 1 aliphatic heterocycles. The second-order valence-corrected chi connectivity index (χ2v) is 4.95. The van der Waals surface area contributed by atoms with Crippen LogP contribution in [0.4, 0.5) is 0 Å². The second kappa shape index (κ2) is 7.40. The summed E-state index contributed by atoms with van der Waals surface area (Å²) >= 11 is 0.